The molecule has 0 saturated carbocycles. The molecular formula is C27H34N8O. The van der Waals surface area contributed by atoms with Gasteiger partial charge in [0.15, 0.2) is 0 Å². The summed E-state index contributed by atoms with van der Waals surface area (Å²) < 4.78 is 0. The van der Waals surface area contributed by atoms with Gasteiger partial charge in [0, 0.05) is 71.2 Å². The Morgan fingerprint density at radius 3 is 2.33 bits per heavy atom. The number of rotatable bonds is 4. The number of anilines is 3. The van der Waals surface area contributed by atoms with Gasteiger partial charge in [-0.3, -0.25) is 9.78 Å². The van der Waals surface area contributed by atoms with E-state index in [0.29, 0.717) is 11.6 Å². The molecule has 0 aliphatic carbocycles. The lowest BCUT2D eigenvalue weighted by molar-refractivity contribution is 0.0821. The van der Waals surface area contributed by atoms with Gasteiger partial charge in [-0.2, -0.15) is 9.97 Å². The molecule has 188 valence electrons. The number of hydrogen-bond acceptors (Lipinski definition) is 8. The Bertz CT molecular complexity index is 1280. The van der Waals surface area contributed by atoms with Crippen molar-refractivity contribution in [2.75, 3.05) is 69.4 Å². The number of amides is 1. The second-order valence-corrected chi connectivity index (χ2v) is 9.98. The minimum atomic E-state index is -0.0831. The Morgan fingerprint density at radius 2 is 1.64 bits per heavy atom. The summed E-state index contributed by atoms with van der Waals surface area (Å²) in [5.41, 5.74) is 12.2. The van der Waals surface area contributed by atoms with Gasteiger partial charge in [0.2, 0.25) is 5.95 Å². The zero-order valence-electron chi connectivity index (χ0n) is 21.5. The monoisotopic (exact) mass is 486 g/mol. The third-order valence-corrected chi connectivity index (χ3v) is 7.11. The molecule has 2 aliphatic heterocycles. The molecule has 9 nitrogen and oxygen atoms in total. The third-order valence-electron chi connectivity index (χ3n) is 7.11. The molecule has 3 aromatic rings. The third kappa shape index (κ3) is 4.83. The summed E-state index contributed by atoms with van der Waals surface area (Å²) >= 11 is 0. The predicted molar refractivity (Wildman–Crippen MR) is 143 cm³/mol. The van der Waals surface area contributed by atoms with Gasteiger partial charge < -0.3 is 25.3 Å². The summed E-state index contributed by atoms with van der Waals surface area (Å²) in [6.45, 7) is 7.47. The fourth-order valence-electron chi connectivity index (χ4n) is 4.90. The van der Waals surface area contributed by atoms with Crippen LogP contribution < -0.4 is 15.5 Å². The van der Waals surface area contributed by atoms with Crippen molar-refractivity contribution in [3.63, 3.8) is 0 Å². The lowest BCUT2D eigenvalue weighted by atomic mass is 9.94. The average molecular weight is 487 g/mol. The number of fused-ring (bicyclic) bond motifs is 1. The van der Waals surface area contributed by atoms with Crippen LogP contribution in [0.15, 0.2) is 36.5 Å². The van der Waals surface area contributed by atoms with Gasteiger partial charge in [-0.1, -0.05) is 12.1 Å². The first-order valence-electron chi connectivity index (χ1n) is 12.4. The van der Waals surface area contributed by atoms with E-state index in [9.17, 15) is 4.79 Å². The maximum atomic E-state index is 12.4. The molecule has 0 unspecified atom stereocenters. The molecule has 36 heavy (non-hydrogen) atoms. The highest BCUT2D eigenvalue weighted by Gasteiger charge is 2.22. The van der Waals surface area contributed by atoms with Gasteiger partial charge in [-0.05, 0) is 54.8 Å². The van der Waals surface area contributed by atoms with E-state index in [1.54, 1.807) is 25.2 Å². The minimum absolute atomic E-state index is 0.0831. The molecule has 1 fully saturated rings. The van der Waals surface area contributed by atoms with E-state index in [1.807, 2.05) is 13.0 Å². The van der Waals surface area contributed by atoms with Crippen LogP contribution in [0.3, 0.4) is 0 Å². The van der Waals surface area contributed by atoms with Gasteiger partial charge in [-0.15, -0.1) is 0 Å². The van der Waals surface area contributed by atoms with E-state index in [-0.39, 0.29) is 5.91 Å². The molecule has 5 rings (SSSR count). The van der Waals surface area contributed by atoms with Gasteiger partial charge in [-0.25, -0.2) is 0 Å². The highest BCUT2D eigenvalue weighted by molar-refractivity contribution is 5.93. The van der Waals surface area contributed by atoms with Crippen LogP contribution in [-0.2, 0) is 13.0 Å². The Hall–Kier alpha value is -3.72. The number of carbonyl (C=O) groups is 1. The SMILES string of the molecule is Cc1cc(-c2ccc3c(c2)CN(c2cc(N4CCN(C)CC4)nc(N)n2)CC3)cnc1C(=O)N(C)C. The van der Waals surface area contributed by atoms with Crippen molar-refractivity contribution in [1.82, 2.24) is 24.8 Å². The lowest BCUT2D eigenvalue weighted by Gasteiger charge is -2.34. The lowest BCUT2D eigenvalue weighted by Crippen LogP contribution is -2.45. The number of aromatic nitrogens is 3. The predicted octanol–water partition coefficient (Wildman–Crippen LogP) is 2.45. The number of nitrogen functional groups attached to an aromatic ring is 1. The summed E-state index contributed by atoms with van der Waals surface area (Å²) in [5.74, 6) is 2.01. The van der Waals surface area contributed by atoms with Crippen LogP contribution in [0.2, 0.25) is 0 Å². The van der Waals surface area contributed by atoms with Crippen molar-refractivity contribution in [2.45, 2.75) is 19.9 Å². The molecule has 0 atom stereocenters. The van der Waals surface area contributed by atoms with Gasteiger partial charge >= 0.3 is 0 Å². The number of likely N-dealkylation sites (N-methyl/N-ethyl adjacent to an activating group) is 1. The highest BCUT2D eigenvalue weighted by Crippen LogP contribution is 2.30. The second kappa shape index (κ2) is 9.73. The maximum absolute atomic E-state index is 12.4. The zero-order chi connectivity index (χ0) is 25.4. The minimum Gasteiger partial charge on any atom is -0.368 e. The quantitative estimate of drug-likeness (QED) is 0.601. The highest BCUT2D eigenvalue weighted by atomic mass is 16.2. The molecule has 1 saturated heterocycles. The number of nitrogens with zero attached hydrogens (tertiary/aromatic N) is 7. The van der Waals surface area contributed by atoms with Crippen LogP contribution in [0.5, 0.6) is 0 Å². The van der Waals surface area contributed by atoms with Gasteiger partial charge in [0.25, 0.3) is 5.91 Å². The summed E-state index contributed by atoms with van der Waals surface area (Å²) in [6, 6.07) is 10.7. The van der Waals surface area contributed by atoms with E-state index in [0.717, 1.165) is 74.0 Å². The number of piperazine rings is 1. The average Bonchev–Trinajstić information content (AvgIpc) is 2.87. The van der Waals surface area contributed by atoms with Crippen molar-refractivity contribution in [1.29, 1.82) is 0 Å². The number of hydrogen-bond donors (Lipinski definition) is 1. The van der Waals surface area contributed by atoms with E-state index in [1.165, 1.54) is 11.1 Å². The Labute approximate surface area is 212 Å². The second-order valence-electron chi connectivity index (χ2n) is 9.98. The first-order valence-corrected chi connectivity index (χ1v) is 12.4. The first kappa shape index (κ1) is 24.0. The smallest absolute Gasteiger partial charge is 0.272 e. The molecule has 4 heterocycles. The Morgan fingerprint density at radius 1 is 0.917 bits per heavy atom. The maximum Gasteiger partial charge on any atom is 0.272 e. The summed E-state index contributed by atoms with van der Waals surface area (Å²) in [5, 5.41) is 0. The fraction of sp³-hybridized carbons (Fsp3) is 0.407. The van der Waals surface area contributed by atoms with E-state index < -0.39 is 0 Å². The fourth-order valence-corrected chi connectivity index (χ4v) is 4.90. The van der Waals surface area contributed by atoms with Crippen LogP contribution in [-0.4, -0.2) is 84.5 Å². The summed E-state index contributed by atoms with van der Waals surface area (Å²) in [4.78, 5) is 34.4. The van der Waals surface area contributed by atoms with Gasteiger partial charge in [0.05, 0.1) is 0 Å². The van der Waals surface area contributed by atoms with Crippen molar-refractivity contribution in [3.05, 3.63) is 58.9 Å². The molecule has 2 aromatic heterocycles. The topological polar surface area (TPSA) is 94.7 Å². The normalized spacial score (nSPS) is 16.1. The van der Waals surface area contributed by atoms with Crippen molar-refractivity contribution in [3.8, 4) is 11.1 Å². The molecule has 1 amide bonds. The van der Waals surface area contributed by atoms with Gasteiger partial charge in [0.1, 0.15) is 17.3 Å². The number of aryl methyl sites for hydroxylation is 1. The van der Waals surface area contributed by atoms with Crippen LogP contribution >= 0.6 is 0 Å². The molecule has 0 radical (unpaired) electrons. The molecule has 1 aromatic carbocycles. The van der Waals surface area contributed by atoms with Crippen LogP contribution in [0.4, 0.5) is 17.6 Å². The standard InChI is InChI=1S/C27H34N8O/c1-18-13-21(16-29-25(18)26(36)32(2)3)20-6-5-19-7-8-35(17-22(19)14-20)24-15-23(30-27(28)31-24)34-11-9-33(4)10-12-34/h5-6,13-16H,7-12,17H2,1-4H3,(H2,28,30,31). The molecular weight excluding hydrogens is 452 g/mol. The number of benzene rings is 1. The summed E-state index contributed by atoms with van der Waals surface area (Å²) in [7, 11) is 5.63. The first-order chi connectivity index (χ1) is 17.3. The van der Waals surface area contributed by atoms with Crippen LogP contribution in [0.1, 0.15) is 27.2 Å². The number of nitrogens with two attached hydrogens (primary N) is 1. The van der Waals surface area contributed by atoms with E-state index in [4.69, 9.17) is 5.73 Å². The Kier molecular flexibility index (Phi) is 6.49. The zero-order valence-corrected chi connectivity index (χ0v) is 21.5. The van der Waals surface area contributed by atoms with E-state index >= 15 is 0 Å². The molecule has 2 N–H and O–H groups in total. The molecule has 0 bridgehead atoms. The molecule has 2 aliphatic rings. The van der Waals surface area contributed by atoms with Crippen molar-refractivity contribution in [2.24, 2.45) is 0 Å². The molecule has 9 heteroatoms. The van der Waals surface area contributed by atoms with E-state index in [2.05, 4.69) is 61.0 Å². The molecule has 0 spiro atoms. The number of carbonyl (C=O) groups excluding carboxylic acids is 1. The Balaban J connectivity index is 1.39. The number of pyridine rings is 1. The largest absolute Gasteiger partial charge is 0.368 e. The van der Waals surface area contributed by atoms with Crippen molar-refractivity contribution < 1.29 is 4.79 Å². The van der Waals surface area contributed by atoms with Crippen molar-refractivity contribution >= 4 is 23.5 Å². The van der Waals surface area contributed by atoms with Crippen LogP contribution in [0.25, 0.3) is 11.1 Å². The van der Waals surface area contributed by atoms with Crippen LogP contribution in [0, 0.1) is 6.92 Å². The summed E-state index contributed by atoms with van der Waals surface area (Å²) in [6.07, 6.45) is 2.73.